The highest BCUT2D eigenvalue weighted by Crippen LogP contribution is 2.23. The van der Waals surface area contributed by atoms with Gasteiger partial charge in [0.2, 0.25) is 0 Å². The molecule has 1 aromatic rings. The molecule has 1 rings (SSSR count). The van der Waals surface area contributed by atoms with Crippen LogP contribution in [-0.4, -0.2) is 30.3 Å². The maximum atomic E-state index is 10.4. The summed E-state index contributed by atoms with van der Waals surface area (Å²) in [4.78, 5) is 14.4. The lowest BCUT2D eigenvalue weighted by molar-refractivity contribution is -0.136. The molecule has 0 fully saturated rings. The number of pyridine rings is 1. The molecule has 0 radical (unpaired) electrons. The minimum absolute atomic E-state index is 0.125. The molecule has 0 aliphatic heterocycles. The van der Waals surface area contributed by atoms with Crippen molar-refractivity contribution in [3.8, 4) is 11.6 Å². The van der Waals surface area contributed by atoms with E-state index < -0.39 is 5.97 Å². The average Bonchev–Trinajstić information content (AvgIpc) is 2.16. The molecule has 1 heterocycles. The molecule has 0 aliphatic rings. The van der Waals surface area contributed by atoms with Crippen molar-refractivity contribution in [2.24, 2.45) is 0 Å². The van der Waals surface area contributed by atoms with Gasteiger partial charge in [0, 0.05) is 0 Å². The monoisotopic (exact) mass is 197 g/mol. The summed E-state index contributed by atoms with van der Waals surface area (Å²) in [5, 5.41) is 8.54. The normalized spacial score (nSPS) is 9.57. The molecule has 0 saturated carbocycles. The summed E-state index contributed by atoms with van der Waals surface area (Å²) in [5.41, 5.74) is 0.440. The lowest BCUT2D eigenvalue weighted by Crippen LogP contribution is -2.03. The van der Waals surface area contributed by atoms with Gasteiger partial charge < -0.3 is 14.6 Å². The van der Waals surface area contributed by atoms with Gasteiger partial charge in [-0.1, -0.05) is 0 Å². The number of hydrogen-bond donors (Lipinski definition) is 1. The summed E-state index contributed by atoms with van der Waals surface area (Å²) in [6, 6.07) is 3.22. The van der Waals surface area contributed by atoms with E-state index >= 15 is 0 Å². The van der Waals surface area contributed by atoms with Crippen molar-refractivity contribution in [2.45, 2.75) is 6.42 Å². The molecular weight excluding hydrogens is 186 g/mol. The van der Waals surface area contributed by atoms with Crippen molar-refractivity contribution in [3.05, 3.63) is 17.8 Å². The minimum Gasteiger partial charge on any atom is -0.491 e. The first-order valence-electron chi connectivity index (χ1n) is 3.97. The zero-order valence-electron chi connectivity index (χ0n) is 7.98. The quantitative estimate of drug-likeness (QED) is 0.770. The van der Waals surface area contributed by atoms with Crippen LogP contribution in [0, 0.1) is 0 Å². The van der Waals surface area contributed by atoms with E-state index in [-0.39, 0.29) is 6.42 Å². The summed E-state index contributed by atoms with van der Waals surface area (Å²) in [7, 11) is 2.95. The van der Waals surface area contributed by atoms with Crippen LogP contribution in [0.3, 0.4) is 0 Å². The topological polar surface area (TPSA) is 68.7 Å². The predicted octanol–water partition coefficient (Wildman–Crippen LogP) is 0.726. The van der Waals surface area contributed by atoms with Gasteiger partial charge in [-0.3, -0.25) is 4.79 Å². The van der Waals surface area contributed by atoms with Gasteiger partial charge in [0.15, 0.2) is 5.75 Å². The van der Waals surface area contributed by atoms with Crippen molar-refractivity contribution >= 4 is 5.97 Å². The van der Waals surface area contributed by atoms with Gasteiger partial charge in [0.25, 0.3) is 5.88 Å². The highest BCUT2D eigenvalue weighted by molar-refractivity contribution is 5.69. The predicted molar refractivity (Wildman–Crippen MR) is 48.7 cm³/mol. The fourth-order valence-electron chi connectivity index (χ4n) is 1.02. The van der Waals surface area contributed by atoms with Crippen molar-refractivity contribution in [1.29, 1.82) is 0 Å². The molecule has 1 aromatic heterocycles. The third-order valence-corrected chi connectivity index (χ3v) is 1.63. The summed E-state index contributed by atoms with van der Waals surface area (Å²) < 4.78 is 9.89. The van der Waals surface area contributed by atoms with E-state index in [0.29, 0.717) is 17.3 Å². The van der Waals surface area contributed by atoms with Crippen molar-refractivity contribution in [1.82, 2.24) is 4.98 Å². The minimum atomic E-state index is -0.926. The van der Waals surface area contributed by atoms with Crippen molar-refractivity contribution in [2.75, 3.05) is 14.2 Å². The first-order chi connectivity index (χ1) is 6.67. The molecule has 0 aromatic carbocycles. The molecule has 0 saturated heterocycles. The zero-order valence-corrected chi connectivity index (χ0v) is 7.98. The number of aromatic nitrogens is 1. The van der Waals surface area contributed by atoms with Crippen LogP contribution in [0.15, 0.2) is 12.1 Å². The van der Waals surface area contributed by atoms with E-state index in [2.05, 4.69) is 4.98 Å². The number of aliphatic carboxylic acids is 1. The van der Waals surface area contributed by atoms with E-state index in [1.807, 2.05) is 0 Å². The van der Waals surface area contributed by atoms with Crippen molar-refractivity contribution in [3.63, 3.8) is 0 Å². The Balaban J connectivity index is 2.95. The number of methoxy groups -OCH3 is 2. The third-order valence-electron chi connectivity index (χ3n) is 1.63. The average molecular weight is 197 g/mol. The Hall–Kier alpha value is -1.78. The van der Waals surface area contributed by atoms with Crippen LogP contribution >= 0.6 is 0 Å². The van der Waals surface area contributed by atoms with Gasteiger partial charge in [0.1, 0.15) is 0 Å². The second kappa shape index (κ2) is 4.45. The smallest absolute Gasteiger partial charge is 0.309 e. The Morgan fingerprint density at radius 1 is 1.43 bits per heavy atom. The fourth-order valence-corrected chi connectivity index (χ4v) is 1.02. The van der Waals surface area contributed by atoms with Crippen LogP contribution in [0.25, 0.3) is 0 Å². The molecule has 5 heteroatoms. The summed E-state index contributed by atoms with van der Waals surface area (Å²) in [6.07, 6.45) is -0.125. The lowest BCUT2D eigenvalue weighted by Gasteiger charge is -2.06. The van der Waals surface area contributed by atoms with E-state index in [1.54, 1.807) is 12.1 Å². The van der Waals surface area contributed by atoms with E-state index in [0.717, 1.165) is 0 Å². The second-order valence-electron chi connectivity index (χ2n) is 2.58. The zero-order chi connectivity index (χ0) is 10.6. The molecular formula is C9H11NO4. The number of rotatable bonds is 4. The molecule has 1 N–H and O–H groups in total. The maximum Gasteiger partial charge on any atom is 0.309 e. The van der Waals surface area contributed by atoms with E-state index in [1.165, 1.54) is 14.2 Å². The number of hydrogen-bond acceptors (Lipinski definition) is 4. The van der Waals surface area contributed by atoms with Gasteiger partial charge in [0.05, 0.1) is 26.3 Å². The van der Waals surface area contributed by atoms with Gasteiger partial charge in [-0.05, 0) is 12.1 Å². The molecule has 0 aliphatic carbocycles. The molecule has 14 heavy (non-hydrogen) atoms. The molecule has 0 spiro atoms. The number of carbonyl (C=O) groups is 1. The van der Waals surface area contributed by atoms with E-state index in [9.17, 15) is 4.79 Å². The largest absolute Gasteiger partial charge is 0.491 e. The summed E-state index contributed by atoms with van der Waals surface area (Å²) >= 11 is 0. The number of nitrogens with zero attached hydrogens (tertiary/aromatic N) is 1. The third kappa shape index (κ3) is 2.35. The van der Waals surface area contributed by atoms with Gasteiger partial charge in [-0.25, -0.2) is 4.98 Å². The maximum absolute atomic E-state index is 10.4. The molecule has 0 unspecified atom stereocenters. The number of carboxylic acids is 1. The molecule has 76 valence electrons. The molecule has 0 amide bonds. The van der Waals surface area contributed by atoms with Crippen LogP contribution in [0.4, 0.5) is 0 Å². The molecule has 0 atom stereocenters. The van der Waals surface area contributed by atoms with Gasteiger partial charge >= 0.3 is 5.97 Å². The first-order valence-corrected chi connectivity index (χ1v) is 3.97. The van der Waals surface area contributed by atoms with Gasteiger partial charge in [-0.15, -0.1) is 0 Å². The Morgan fingerprint density at radius 2 is 2.14 bits per heavy atom. The van der Waals surface area contributed by atoms with Crippen LogP contribution in [0.2, 0.25) is 0 Å². The van der Waals surface area contributed by atoms with Crippen LogP contribution in [-0.2, 0) is 11.2 Å². The van der Waals surface area contributed by atoms with E-state index in [4.69, 9.17) is 14.6 Å². The highest BCUT2D eigenvalue weighted by Gasteiger charge is 2.08. The number of ether oxygens (including phenoxy) is 2. The number of carboxylic acid groups (broad SMARTS) is 1. The Kier molecular flexibility index (Phi) is 3.28. The Labute approximate surface area is 81.3 Å². The van der Waals surface area contributed by atoms with Crippen LogP contribution < -0.4 is 9.47 Å². The summed E-state index contributed by atoms with van der Waals surface area (Å²) in [5.74, 6) is -0.141. The van der Waals surface area contributed by atoms with Crippen LogP contribution in [0.5, 0.6) is 11.6 Å². The first kappa shape index (κ1) is 10.3. The SMILES string of the molecule is COc1ccc(CC(=O)O)nc1OC. The standard InChI is InChI=1S/C9H11NO4/c1-13-7-4-3-6(5-8(11)12)10-9(7)14-2/h3-4H,5H2,1-2H3,(H,11,12). The highest BCUT2D eigenvalue weighted by atomic mass is 16.5. The van der Waals surface area contributed by atoms with Crippen molar-refractivity contribution < 1.29 is 19.4 Å². The summed E-state index contributed by atoms with van der Waals surface area (Å²) in [6.45, 7) is 0. The molecule has 5 nitrogen and oxygen atoms in total. The fraction of sp³-hybridized carbons (Fsp3) is 0.333. The molecule has 0 bridgehead atoms. The van der Waals surface area contributed by atoms with Crippen LogP contribution in [0.1, 0.15) is 5.69 Å². The van der Waals surface area contributed by atoms with Gasteiger partial charge in [-0.2, -0.15) is 0 Å². The lowest BCUT2D eigenvalue weighted by atomic mass is 10.2. The Bertz CT molecular complexity index is 338. The Morgan fingerprint density at radius 3 is 2.64 bits per heavy atom. The second-order valence-corrected chi connectivity index (χ2v) is 2.58.